The van der Waals surface area contributed by atoms with Crippen LogP contribution in [0.25, 0.3) is 11.1 Å². The zero-order valence-electron chi connectivity index (χ0n) is 25.0. The first-order valence-corrected chi connectivity index (χ1v) is 15.1. The summed E-state index contributed by atoms with van der Waals surface area (Å²) in [4.78, 5) is 0. The summed E-state index contributed by atoms with van der Waals surface area (Å²) in [7, 11) is 0. The Kier molecular flexibility index (Phi) is 11.7. The van der Waals surface area contributed by atoms with Gasteiger partial charge in [-0.05, 0) is 73.6 Å². The second-order valence-electron chi connectivity index (χ2n) is 11.1. The van der Waals surface area contributed by atoms with E-state index in [9.17, 15) is 26.3 Å². The molecule has 0 aliphatic heterocycles. The lowest BCUT2D eigenvalue weighted by molar-refractivity contribution is -0.195. The predicted molar refractivity (Wildman–Crippen MR) is 155 cm³/mol. The van der Waals surface area contributed by atoms with Crippen molar-refractivity contribution in [2.24, 2.45) is 11.8 Å². The zero-order valence-corrected chi connectivity index (χ0v) is 25.0. The highest BCUT2D eigenvalue weighted by atomic mass is 19.3. The molecule has 1 fully saturated rings. The smallest absolute Gasteiger partial charge is 0.432 e. The molecular weight excluding hydrogens is 586 g/mol. The number of ether oxygens (including phenoxy) is 4. The van der Waals surface area contributed by atoms with Gasteiger partial charge in [0, 0.05) is 5.56 Å². The number of alkyl halides is 2. The van der Waals surface area contributed by atoms with Crippen LogP contribution in [0.15, 0.2) is 48.5 Å². The molecule has 3 aromatic rings. The molecule has 1 aliphatic rings. The van der Waals surface area contributed by atoms with Crippen molar-refractivity contribution in [1.29, 1.82) is 0 Å². The second kappa shape index (κ2) is 15.4. The fraction of sp³-hybridized carbons (Fsp3) is 0.471. The maximum absolute atomic E-state index is 14.7. The van der Waals surface area contributed by atoms with Crippen molar-refractivity contribution in [2.45, 2.75) is 71.3 Å². The first kappa shape index (κ1) is 33.3. The lowest BCUT2D eigenvalue weighted by Gasteiger charge is -2.28. The van der Waals surface area contributed by atoms with E-state index >= 15 is 0 Å². The van der Waals surface area contributed by atoms with Crippen molar-refractivity contribution >= 4 is 0 Å². The van der Waals surface area contributed by atoms with Crippen LogP contribution in [0.4, 0.5) is 26.3 Å². The van der Waals surface area contributed by atoms with Crippen LogP contribution in [0.1, 0.15) is 65.2 Å². The molecule has 0 aromatic heterocycles. The number of hydrogen-bond donors (Lipinski definition) is 0. The van der Waals surface area contributed by atoms with Gasteiger partial charge in [-0.15, -0.1) is 0 Å². The Balaban J connectivity index is 1.28. The van der Waals surface area contributed by atoms with Crippen molar-refractivity contribution in [3.8, 4) is 34.1 Å². The zero-order chi connectivity index (χ0) is 31.7. The Morgan fingerprint density at radius 3 is 1.86 bits per heavy atom. The quantitative estimate of drug-likeness (QED) is 0.125. The summed E-state index contributed by atoms with van der Waals surface area (Å²) in [5.74, 6) is -5.65. The number of benzene rings is 3. The third-order valence-corrected chi connectivity index (χ3v) is 7.84. The van der Waals surface area contributed by atoms with E-state index in [1.54, 1.807) is 6.92 Å². The standard InChI is InChI=1S/C34H38F6O4/c1-3-5-6-7-22-8-10-23(11-9-22)20-42-28-18-19-29(33(38)32(28)37)43-21-34(39,40)44-25-14-12-24(13-15-25)26-16-17-27(41-4-2)31(36)30(26)35/h12-19,22-23H,3-11,20-21H2,1-2H3. The molecular formula is C34H38F6O4. The van der Waals surface area contributed by atoms with Crippen LogP contribution in [-0.2, 0) is 0 Å². The van der Waals surface area contributed by atoms with Gasteiger partial charge in [0.25, 0.3) is 0 Å². The number of halogens is 6. The van der Waals surface area contributed by atoms with Crippen LogP contribution in [0.5, 0.6) is 23.0 Å². The third kappa shape index (κ3) is 8.76. The van der Waals surface area contributed by atoms with Crippen LogP contribution < -0.4 is 18.9 Å². The maximum atomic E-state index is 14.7. The first-order chi connectivity index (χ1) is 21.1. The van der Waals surface area contributed by atoms with Gasteiger partial charge in [-0.3, -0.25) is 0 Å². The van der Waals surface area contributed by atoms with Crippen LogP contribution in [0.2, 0.25) is 0 Å². The number of unbranched alkanes of at least 4 members (excludes halogenated alkanes) is 2. The molecule has 10 heteroatoms. The molecule has 0 bridgehead atoms. The third-order valence-electron chi connectivity index (χ3n) is 7.84. The molecule has 0 unspecified atom stereocenters. The molecule has 1 aliphatic carbocycles. The van der Waals surface area contributed by atoms with Gasteiger partial charge < -0.3 is 18.9 Å². The molecule has 0 heterocycles. The van der Waals surface area contributed by atoms with E-state index in [0.717, 1.165) is 49.9 Å². The SMILES string of the molecule is CCCCCC1CCC(COc2ccc(OCC(F)(F)Oc3ccc(-c4ccc(OCC)c(F)c4F)cc3)c(F)c2F)CC1. The van der Waals surface area contributed by atoms with E-state index < -0.39 is 41.7 Å². The van der Waals surface area contributed by atoms with Crippen molar-refractivity contribution in [3.63, 3.8) is 0 Å². The molecule has 0 spiro atoms. The van der Waals surface area contributed by atoms with Gasteiger partial charge in [-0.2, -0.15) is 22.0 Å². The Morgan fingerprint density at radius 1 is 0.659 bits per heavy atom. The summed E-state index contributed by atoms with van der Waals surface area (Å²) in [6, 6.07) is 9.61. The minimum atomic E-state index is -3.93. The van der Waals surface area contributed by atoms with Gasteiger partial charge in [-0.1, -0.05) is 57.6 Å². The summed E-state index contributed by atoms with van der Waals surface area (Å²) in [6.45, 7) is 2.81. The lowest BCUT2D eigenvalue weighted by atomic mass is 9.80. The highest BCUT2D eigenvalue weighted by Gasteiger charge is 2.34. The average molecular weight is 625 g/mol. The molecule has 4 nitrogen and oxygen atoms in total. The molecule has 3 aromatic carbocycles. The number of hydrogen-bond acceptors (Lipinski definition) is 4. The normalized spacial score (nSPS) is 16.9. The topological polar surface area (TPSA) is 36.9 Å². The summed E-state index contributed by atoms with van der Waals surface area (Å²) < 4.78 is 107. The Hall–Kier alpha value is -3.56. The minimum Gasteiger partial charge on any atom is -0.491 e. The molecule has 44 heavy (non-hydrogen) atoms. The van der Waals surface area contributed by atoms with Gasteiger partial charge in [-0.25, -0.2) is 4.39 Å². The summed E-state index contributed by atoms with van der Waals surface area (Å²) in [5, 5.41) is 0. The summed E-state index contributed by atoms with van der Waals surface area (Å²) in [6.07, 6.45) is 5.12. The summed E-state index contributed by atoms with van der Waals surface area (Å²) >= 11 is 0. The van der Waals surface area contributed by atoms with Crippen molar-refractivity contribution in [3.05, 3.63) is 71.8 Å². The van der Waals surface area contributed by atoms with Crippen molar-refractivity contribution in [1.82, 2.24) is 0 Å². The van der Waals surface area contributed by atoms with Gasteiger partial charge in [0.2, 0.25) is 17.5 Å². The molecule has 240 valence electrons. The Morgan fingerprint density at radius 2 is 1.23 bits per heavy atom. The van der Waals surface area contributed by atoms with E-state index in [1.165, 1.54) is 49.9 Å². The monoisotopic (exact) mass is 624 g/mol. The Bertz CT molecular complexity index is 1360. The first-order valence-electron chi connectivity index (χ1n) is 15.1. The molecule has 0 saturated heterocycles. The van der Waals surface area contributed by atoms with E-state index in [0.29, 0.717) is 5.92 Å². The second-order valence-corrected chi connectivity index (χ2v) is 11.1. The van der Waals surface area contributed by atoms with Crippen molar-refractivity contribution in [2.75, 3.05) is 19.8 Å². The van der Waals surface area contributed by atoms with E-state index in [4.69, 9.17) is 14.2 Å². The fourth-order valence-corrected chi connectivity index (χ4v) is 5.40. The fourth-order valence-electron chi connectivity index (χ4n) is 5.40. The largest absolute Gasteiger partial charge is 0.491 e. The molecule has 4 rings (SSSR count). The molecule has 0 amide bonds. The van der Waals surface area contributed by atoms with E-state index in [-0.39, 0.29) is 47.5 Å². The highest BCUT2D eigenvalue weighted by molar-refractivity contribution is 5.66. The molecule has 0 N–H and O–H groups in total. The van der Waals surface area contributed by atoms with Crippen LogP contribution >= 0.6 is 0 Å². The number of rotatable bonds is 15. The lowest BCUT2D eigenvalue weighted by Crippen LogP contribution is -2.32. The summed E-state index contributed by atoms with van der Waals surface area (Å²) in [5.41, 5.74) is 0.119. The van der Waals surface area contributed by atoms with Gasteiger partial charge in [0.15, 0.2) is 29.7 Å². The van der Waals surface area contributed by atoms with Gasteiger partial charge >= 0.3 is 6.11 Å². The van der Waals surface area contributed by atoms with E-state index in [1.807, 2.05) is 0 Å². The molecule has 0 atom stereocenters. The molecule has 0 radical (unpaired) electrons. The van der Waals surface area contributed by atoms with E-state index in [2.05, 4.69) is 11.7 Å². The van der Waals surface area contributed by atoms with Gasteiger partial charge in [0.1, 0.15) is 5.75 Å². The van der Waals surface area contributed by atoms with Gasteiger partial charge in [0.05, 0.1) is 13.2 Å². The predicted octanol–water partition coefficient (Wildman–Crippen LogP) is 10.1. The highest BCUT2D eigenvalue weighted by Crippen LogP contribution is 2.35. The van der Waals surface area contributed by atoms with Crippen LogP contribution in [0.3, 0.4) is 0 Å². The average Bonchev–Trinajstić information content (AvgIpc) is 3.01. The molecule has 1 saturated carbocycles. The van der Waals surface area contributed by atoms with Crippen molar-refractivity contribution < 1.29 is 45.3 Å². The van der Waals surface area contributed by atoms with Crippen LogP contribution in [-0.4, -0.2) is 25.9 Å². The van der Waals surface area contributed by atoms with Crippen LogP contribution in [0, 0.1) is 35.1 Å². The Labute approximate surface area is 254 Å². The minimum absolute atomic E-state index is 0.0947. The maximum Gasteiger partial charge on any atom is 0.432 e.